The summed E-state index contributed by atoms with van der Waals surface area (Å²) in [6.45, 7) is 23.4. The zero-order valence-electron chi connectivity index (χ0n) is 32.9. The number of thiophene rings is 1. The third-order valence-electron chi connectivity index (χ3n) is 11.1. The van der Waals surface area contributed by atoms with Crippen molar-refractivity contribution in [2.45, 2.75) is 114 Å². The van der Waals surface area contributed by atoms with Crippen LogP contribution in [0.2, 0.25) is 0 Å². The van der Waals surface area contributed by atoms with Gasteiger partial charge in [-0.15, -0.1) is 40.5 Å². The van der Waals surface area contributed by atoms with Crippen LogP contribution in [0.15, 0.2) is 77.0 Å². The van der Waals surface area contributed by atoms with E-state index in [0.29, 0.717) is 5.92 Å². The Morgan fingerprint density at radius 3 is 2.12 bits per heavy atom. The van der Waals surface area contributed by atoms with Gasteiger partial charge in [0.05, 0.1) is 4.70 Å². The monoisotopic (exact) mass is 895 g/mol. The first-order valence-corrected chi connectivity index (χ1v) is 19.5. The van der Waals surface area contributed by atoms with Gasteiger partial charge < -0.3 is 9.52 Å². The third kappa shape index (κ3) is 8.25. The van der Waals surface area contributed by atoms with E-state index in [-0.39, 0.29) is 47.9 Å². The van der Waals surface area contributed by atoms with Crippen LogP contribution in [0, 0.1) is 22.8 Å². The van der Waals surface area contributed by atoms with Crippen LogP contribution in [0.1, 0.15) is 112 Å². The Labute approximate surface area is 328 Å². The van der Waals surface area contributed by atoms with Gasteiger partial charge in [0, 0.05) is 64.6 Å². The zero-order valence-corrected chi connectivity index (χ0v) is 36.1. The van der Waals surface area contributed by atoms with Crippen molar-refractivity contribution < 1.29 is 34.4 Å². The standard InChI is InChI=1S/C31H28NOS.C15H28O2.Ir/c1-18(2)14-22-16-20-10-11-24-25-12-13-32-27(28(25)33-29(24)30(20)34-22)21-15-19-8-6-7-9-23(19)26(17-21)31(3,4)5;1-7-14(5,8-2)12(16)11-13(17)15(6,9-3)10-4;/h6-13,16-18H,14H2,1-5H3;11,16H,7-10H2,1-6H3;/q-1;;/b;12-11-;. The molecule has 0 fully saturated rings. The smallest absolute Gasteiger partial charge is 0.164 e. The molecule has 6 aromatic rings. The summed E-state index contributed by atoms with van der Waals surface area (Å²) in [6.07, 6.45) is 7.75. The van der Waals surface area contributed by atoms with E-state index in [9.17, 15) is 9.90 Å². The third-order valence-corrected chi connectivity index (χ3v) is 12.3. The Hall–Kier alpha value is -3.31. The number of rotatable bonds is 10. The van der Waals surface area contributed by atoms with Gasteiger partial charge in [-0.05, 0) is 67.0 Å². The van der Waals surface area contributed by atoms with Gasteiger partial charge in [-0.1, -0.05) is 111 Å². The van der Waals surface area contributed by atoms with Crippen LogP contribution >= 0.6 is 11.3 Å². The number of pyridine rings is 1. The van der Waals surface area contributed by atoms with E-state index in [2.05, 4.69) is 95.3 Å². The average molecular weight is 895 g/mol. The first kappa shape index (κ1) is 41.4. The minimum atomic E-state index is -0.337. The van der Waals surface area contributed by atoms with Gasteiger partial charge in [0.15, 0.2) is 11.4 Å². The maximum atomic E-state index is 12.2. The SMILES string of the molecule is CC(C)Cc1cc2ccc3c4ccnc(-c5[c-]c6ccccc6c(C(C)(C)C)c5)c4oc3c2s1.CCC(C)(CC)C(=O)/C=C(\O)C(C)(CC)CC.[Ir]. The molecule has 0 unspecified atom stereocenters. The molecule has 0 bridgehead atoms. The number of carbonyl (C=O) groups excluding carboxylic acids is 1. The molecule has 3 aromatic carbocycles. The van der Waals surface area contributed by atoms with E-state index < -0.39 is 0 Å². The number of aliphatic hydroxyl groups is 1. The van der Waals surface area contributed by atoms with Crippen LogP contribution in [0.4, 0.5) is 0 Å². The van der Waals surface area contributed by atoms with Gasteiger partial charge in [0.1, 0.15) is 11.3 Å². The van der Waals surface area contributed by atoms with Crippen molar-refractivity contribution in [1.82, 2.24) is 4.98 Å². The summed E-state index contributed by atoms with van der Waals surface area (Å²) in [6, 6.07) is 23.2. The molecule has 0 aliphatic carbocycles. The van der Waals surface area contributed by atoms with Crippen molar-refractivity contribution in [2.75, 3.05) is 0 Å². The molecule has 0 amide bonds. The normalized spacial score (nSPS) is 12.8. The number of aliphatic hydroxyl groups excluding tert-OH is 1. The van der Waals surface area contributed by atoms with E-state index in [1.807, 2.05) is 59.1 Å². The number of carbonyl (C=O) groups is 1. The molecule has 3 heterocycles. The average Bonchev–Trinajstić information content (AvgIpc) is 3.70. The van der Waals surface area contributed by atoms with E-state index in [1.54, 1.807) is 0 Å². The van der Waals surface area contributed by atoms with Crippen LogP contribution in [0.5, 0.6) is 0 Å². The maximum Gasteiger partial charge on any atom is 0.164 e. The number of hydrogen-bond acceptors (Lipinski definition) is 5. The Balaban J connectivity index is 0.000000289. The van der Waals surface area contributed by atoms with Crippen molar-refractivity contribution in [3.8, 4) is 11.3 Å². The molecular weight excluding hydrogens is 839 g/mol. The largest absolute Gasteiger partial charge is 0.512 e. The summed E-state index contributed by atoms with van der Waals surface area (Å²) < 4.78 is 7.86. The second-order valence-electron chi connectivity index (χ2n) is 16.1. The summed E-state index contributed by atoms with van der Waals surface area (Å²) in [5.74, 6) is 0.921. The van der Waals surface area contributed by atoms with E-state index >= 15 is 0 Å². The Kier molecular flexibility index (Phi) is 13.0. The van der Waals surface area contributed by atoms with Crippen LogP contribution in [-0.4, -0.2) is 15.9 Å². The molecule has 0 saturated heterocycles. The molecule has 279 valence electrons. The topological polar surface area (TPSA) is 63.3 Å². The second kappa shape index (κ2) is 16.4. The van der Waals surface area contributed by atoms with Gasteiger partial charge in [-0.2, -0.15) is 0 Å². The number of benzene rings is 3. The summed E-state index contributed by atoms with van der Waals surface area (Å²) in [7, 11) is 0. The number of aromatic nitrogens is 1. The molecule has 0 aliphatic rings. The van der Waals surface area contributed by atoms with Gasteiger partial charge in [0.2, 0.25) is 0 Å². The molecule has 1 N–H and O–H groups in total. The number of hydrogen-bond donors (Lipinski definition) is 1. The van der Waals surface area contributed by atoms with Gasteiger partial charge in [-0.25, -0.2) is 0 Å². The molecule has 52 heavy (non-hydrogen) atoms. The van der Waals surface area contributed by atoms with Crippen molar-refractivity contribution in [3.63, 3.8) is 0 Å². The zero-order chi connectivity index (χ0) is 37.3. The summed E-state index contributed by atoms with van der Waals surface area (Å²) in [5.41, 5.74) is 4.35. The van der Waals surface area contributed by atoms with Crippen molar-refractivity contribution in [1.29, 1.82) is 0 Å². The van der Waals surface area contributed by atoms with E-state index in [0.717, 1.165) is 70.7 Å². The first-order valence-electron chi connectivity index (χ1n) is 18.7. The number of nitrogens with zero attached hydrogens (tertiary/aromatic N) is 1. The molecule has 0 atom stereocenters. The maximum absolute atomic E-state index is 12.2. The van der Waals surface area contributed by atoms with Crippen LogP contribution in [-0.2, 0) is 36.7 Å². The van der Waals surface area contributed by atoms with Gasteiger partial charge in [-0.3, -0.25) is 9.78 Å². The fraction of sp³-hybridized carbons (Fsp3) is 0.435. The molecule has 4 nitrogen and oxygen atoms in total. The van der Waals surface area contributed by atoms with Crippen molar-refractivity contribution in [3.05, 3.63) is 89.1 Å². The number of allylic oxidation sites excluding steroid dienone is 2. The quantitative estimate of drug-likeness (QED) is 0.0845. The number of fused-ring (bicyclic) bond motifs is 6. The predicted molar refractivity (Wildman–Crippen MR) is 219 cm³/mol. The molecule has 0 aliphatic heterocycles. The Morgan fingerprint density at radius 2 is 1.50 bits per heavy atom. The van der Waals surface area contributed by atoms with Gasteiger partial charge in [0.25, 0.3) is 0 Å². The van der Waals surface area contributed by atoms with Crippen LogP contribution < -0.4 is 0 Å². The summed E-state index contributed by atoms with van der Waals surface area (Å²) >= 11 is 1.86. The van der Waals surface area contributed by atoms with Crippen LogP contribution in [0.25, 0.3) is 54.1 Å². The fourth-order valence-corrected chi connectivity index (χ4v) is 8.02. The Morgan fingerprint density at radius 1 is 0.865 bits per heavy atom. The number of furan rings is 1. The minimum Gasteiger partial charge on any atom is -0.512 e. The van der Waals surface area contributed by atoms with E-state index in [1.165, 1.54) is 32.0 Å². The first-order chi connectivity index (χ1) is 24.1. The number of ketones is 1. The van der Waals surface area contributed by atoms with Gasteiger partial charge >= 0.3 is 0 Å². The predicted octanol–water partition coefficient (Wildman–Crippen LogP) is 14.0. The summed E-state index contributed by atoms with van der Waals surface area (Å²) in [4.78, 5) is 18.4. The molecule has 0 saturated carbocycles. The minimum absolute atomic E-state index is 0. The fourth-order valence-electron chi connectivity index (χ4n) is 6.67. The Bertz CT molecular complexity index is 2210. The molecule has 3 aromatic heterocycles. The molecule has 0 spiro atoms. The van der Waals surface area contributed by atoms with Crippen LogP contribution in [0.3, 0.4) is 0 Å². The molecular formula is C46H56IrNO3S-. The summed E-state index contributed by atoms with van der Waals surface area (Å²) in [5, 5.41) is 16.0. The molecule has 6 heteroatoms. The van der Waals surface area contributed by atoms with Crippen molar-refractivity contribution >= 4 is 59.9 Å². The van der Waals surface area contributed by atoms with E-state index in [4.69, 9.17) is 9.40 Å². The second-order valence-corrected chi connectivity index (χ2v) is 17.3. The molecule has 6 rings (SSSR count). The van der Waals surface area contributed by atoms with Crippen molar-refractivity contribution in [2.24, 2.45) is 16.7 Å². The molecule has 1 radical (unpaired) electrons.